The zero-order chi connectivity index (χ0) is 22.9. The number of para-hydroxylation sites is 1. The minimum atomic E-state index is -0.0523. The predicted octanol–water partition coefficient (Wildman–Crippen LogP) is 5.14. The minimum Gasteiger partial charge on any atom is -0.497 e. The molecule has 6 nitrogen and oxygen atoms in total. The third kappa shape index (κ3) is 3.83. The van der Waals surface area contributed by atoms with E-state index in [0.29, 0.717) is 42.1 Å². The van der Waals surface area contributed by atoms with E-state index in [1.807, 2.05) is 61.5 Å². The van der Waals surface area contributed by atoms with Gasteiger partial charge in [-0.05, 0) is 42.8 Å². The monoisotopic (exact) mass is 443 g/mol. The maximum Gasteiger partial charge on any atom is 0.200 e. The second kappa shape index (κ2) is 8.64. The average Bonchev–Trinajstić information content (AvgIpc) is 2.85. The number of ether oxygens (including phenoxy) is 3. The first-order chi connectivity index (χ1) is 16.1. The first-order valence-electron chi connectivity index (χ1n) is 10.8. The molecule has 0 N–H and O–H groups in total. The first kappa shape index (κ1) is 21.1. The van der Waals surface area contributed by atoms with Crippen molar-refractivity contribution in [1.82, 2.24) is 4.90 Å². The summed E-state index contributed by atoms with van der Waals surface area (Å²) in [5.41, 5.74) is 3.85. The van der Waals surface area contributed by atoms with E-state index >= 15 is 0 Å². The molecule has 2 heterocycles. The van der Waals surface area contributed by atoms with Crippen molar-refractivity contribution in [3.63, 3.8) is 0 Å². The standard InChI is InChI=1S/C27H25NO5/c1-17-25(18-8-10-20(30-2)11-9-18)26(29)21-12-13-24-22(27(21)33-17)15-28(16-32-24)14-19-6-4-5-7-23(19)31-3/h4-13H,14-16H2,1-3H3. The van der Waals surface area contributed by atoms with Gasteiger partial charge in [0.05, 0.1) is 30.7 Å². The summed E-state index contributed by atoms with van der Waals surface area (Å²) in [6.45, 7) is 3.54. The molecule has 33 heavy (non-hydrogen) atoms. The van der Waals surface area contributed by atoms with E-state index in [1.54, 1.807) is 20.3 Å². The van der Waals surface area contributed by atoms with Crippen LogP contribution in [0.15, 0.2) is 69.9 Å². The normalized spacial score (nSPS) is 13.4. The first-order valence-corrected chi connectivity index (χ1v) is 10.8. The quantitative estimate of drug-likeness (QED) is 0.426. The summed E-state index contributed by atoms with van der Waals surface area (Å²) in [5, 5.41) is 0.549. The highest BCUT2D eigenvalue weighted by molar-refractivity contribution is 5.86. The lowest BCUT2D eigenvalue weighted by Gasteiger charge is -2.29. The molecule has 0 atom stereocenters. The second-order valence-corrected chi connectivity index (χ2v) is 8.08. The Morgan fingerprint density at radius 1 is 0.970 bits per heavy atom. The molecule has 0 amide bonds. The van der Waals surface area contributed by atoms with Gasteiger partial charge in [0.1, 0.15) is 35.3 Å². The van der Waals surface area contributed by atoms with Gasteiger partial charge in [-0.25, -0.2) is 0 Å². The summed E-state index contributed by atoms with van der Waals surface area (Å²) in [7, 11) is 3.29. The number of rotatable bonds is 5. The molecule has 6 heteroatoms. The molecule has 0 saturated heterocycles. The number of aryl methyl sites for hydroxylation is 1. The van der Waals surface area contributed by atoms with Crippen LogP contribution in [0, 0.1) is 6.92 Å². The van der Waals surface area contributed by atoms with Crippen LogP contribution in [0.1, 0.15) is 16.9 Å². The maximum atomic E-state index is 13.5. The second-order valence-electron chi connectivity index (χ2n) is 8.08. The molecule has 1 aliphatic rings. The van der Waals surface area contributed by atoms with Gasteiger partial charge in [0, 0.05) is 18.7 Å². The van der Waals surface area contributed by atoms with Crippen LogP contribution in [0.2, 0.25) is 0 Å². The Morgan fingerprint density at radius 2 is 1.76 bits per heavy atom. The molecule has 3 aromatic carbocycles. The molecule has 0 fully saturated rings. The third-order valence-corrected chi connectivity index (χ3v) is 6.05. The molecular weight excluding hydrogens is 418 g/mol. The van der Waals surface area contributed by atoms with Crippen molar-refractivity contribution >= 4 is 11.0 Å². The summed E-state index contributed by atoms with van der Waals surface area (Å²) in [5.74, 6) is 2.90. The molecule has 0 unspecified atom stereocenters. The van der Waals surface area contributed by atoms with E-state index in [2.05, 4.69) is 4.90 Å². The van der Waals surface area contributed by atoms with E-state index in [1.165, 1.54) is 0 Å². The molecule has 0 aliphatic carbocycles. The van der Waals surface area contributed by atoms with Crippen LogP contribution in [0.5, 0.6) is 17.2 Å². The van der Waals surface area contributed by atoms with Crippen LogP contribution in [0.25, 0.3) is 22.1 Å². The summed E-state index contributed by atoms with van der Waals surface area (Å²) >= 11 is 0. The number of hydrogen-bond acceptors (Lipinski definition) is 6. The molecule has 5 rings (SSSR count). The molecule has 1 aromatic heterocycles. The molecule has 0 radical (unpaired) electrons. The van der Waals surface area contributed by atoms with Crippen molar-refractivity contribution in [3.8, 4) is 28.4 Å². The van der Waals surface area contributed by atoms with Gasteiger partial charge >= 0.3 is 0 Å². The maximum absolute atomic E-state index is 13.5. The third-order valence-electron chi connectivity index (χ3n) is 6.05. The Bertz CT molecular complexity index is 1370. The van der Waals surface area contributed by atoms with E-state index in [9.17, 15) is 4.79 Å². The lowest BCUT2D eigenvalue weighted by Crippen LogP contribution is -2.32. The van der Waals surface area contributed by atoms with Crippen molar-refractivity contribution in [1.29, 1.82) is 0 Å². The SMILES string of the molecule is COc1ccc(-c2c(C)oc3c4c(ccc3c2=O)OCN(Cc2ccccc2OC)C4)cc1. The smallest absolute Gasteiger partial charge is 0.200 e. The van der Waals surface area contributed by atoms with Crippen LogP contribution in [-0.2, 0) is 13.1 Å². The molecule has 4 aromatic rings. The summed E-state index contributed by atoms with van der Waals surface area (Å²) in [4.78, 5) is 15.6. The van der Waals surface area contributed by atoms with E-state index in [-0.39, 0.29) is 5.43 Å². The van der Waals surface area contributed by atoms with Crippen molar-refractivity contribution in [3.05, 3.63) is 87.8 Å². The van der Waals surface area contributed by atoms with E-state index in [4.69, 9.17) is 18.6 Å². The van der Waals surface area contributed by atoms with Gasteiger partial charge in [-0.15, -0.1) is 0 Å². The number of benzene rings is 3. The minimum absolute atomic E-state index is 0.0523. The topological polar surface area (TPSA) is 61.1 Å². The van der Waals surface area contributed by atoms with Gasteiger partial charge in [-0.1, -0.05) is 30.3 Å². The highest BCUT2D eigenvalue weighted by Crippen LogP contribution is 2.35. The van der Waals surface area contributed by atoms with Gasteiger partial charge in [0.2, 0.25) is 5.43 Å². The number of nitrogens with zero attached hydrogens (tertiary/aromatic N) is 1. The fraction of sp³-hybridized carbons (Fsp3) is 0.222. The van der Waals surface area contributed by atoms with Gasteiger partial charge in [0.15, 0.2) is 0 Å². The van der Waals surface area contributed by atoms with Crippen LogP contribution >= 0.6 is 0 Å². The fourth-order valence-electron chi connectivity index (χ4n) is 4.39. The van der Waals surface area contributed by atoms with Crippen LogP contribution < -0.4 is 19.6 Å². The molecule has 0 spiro atoms. The van der Waals surface area contributed by atoms with Gasteiger partial charge in [-0.3, -0.25) is 9.69 Å². The molecule has 0 bridgehead atoms. The predicted molar refractivity (Wildman–Crippen MR) is 127 cm³/mol. The Labute approximate surface area is 191 Å². The molecule has 0 saturated carbocycles. The molecule has 168 valence electrons. The fourth-order valence-corrected chi connectivity index (χ4v) is 4.39. The highest BCUT2D eigenvalue weighted by Gasteiger charge is 2.24. The van der Waals surface area contributed by atoms with Gasteiger partial charge in [-0.2, -0.15) is 0 Å². The summed E-state index contributed by atoms with van der Waals surface area (Å²) in [6, 6.07) is 19.0. The Morgan fingerprint density at radius 3 is 2.52 bits per heavy atom. The van der Waals surface area contributed by atoms with Crippen molar-refractivity contribution < 1.29 is 18.6 Å². The zero-order valence-electron chi connectivity index (χ0n) is 18.9. The van der Waals surface area contributed by atoms with Gasteiger partial charge in [0.25, 0.3) is 0 Å². The van der Waals surface area contributed by atoms with Gasteiger partial charge < -0.3 is 18.6 Å². The molecular formula is C27H25NO5. The number of methoxy groups -OCH3 is 2. The summed E-state index contributed by atoms with van der Waals surface area (Å²) < 4.78 is 23.0. The lowest BCUT2D eigenvalue weighted by molar-refractivity contribution is 0.0882. The van der Waals surface area contributed by atoms with Crippen LogP contribution in [0.3, 0.4) is 0 Å². The van der Waals surface area contributed by atoms with Crippen LogP contribution in [-0.4, -0.2) is 25.9 Å². The average molecular weight is 443 g/mol. The van der Waals surface area contributed by atoms with Crippen molar-refractivity contribution in [2.75, 3.05) is 21.0 Å². The largest absolute Gasteiger partial charge is 0.497 e. The Kier molecular flexibility index (Phi) is 5.52. The van der Waals surface area contributed by atoms with Crippen molar-refractivity contribution in [2.45, 2.75) is 20.0 Å². The number of fused-ring (bicyclic) bond motifs is 3. The zero-order valence-corrected chi connectivity index (χ0v) is 18.9. The summed E-state index contributed by atoms with van der Waals surface area (Å²) in [6.07, 6.45) is 0. The highest BCUT2D eigenvalue weighted by atomic mass is 16.5. The number of hydrogen-bond donors (Lipinski definition) is 0. The Balaban J connectivity index is 1.54. The van der Waals surface area contributed by atoms with E-state index < -0.39 is 0 Å². The Hall–Kier alpha value is -3.77. The molecule has 1 aliphatic heterocycles. The van der Waals surface area contributed by atoms with E-state index in [0.717, 1.165) is 33.9 Å². The lowest BCUT2D eigenvalue weighted by atomic mass is 10.0. The van der Waals surface area contributed by atoms with Crippen LogP contribution in [0.4, 0.5) is 0 Å². The van der Waals surface area contributed by atoms with Crippen molar-refractivity contribution in [2.24, 2.45) is 0 Å².